The fourth-order valence-corrected chi connectivity index (χ4v) is 3.89. The van der Waals surface area contributed by atoms with E-state index in [4.69, 9.17) is 4.74 Å². The van der Waals surface area contributed by atoms with Crippen molar-refractivity contribution in [3.63, 3.8) is 0 Å². The van der Waals surface area contributed by atoms with Crippen LogP contribution >= 0.6 is 15.9 Å². The van der Waals surface area contributed by atoms with E-state index in [1.54, 1.807) is 0 Å². The van der Waals surface area contributed by atoms with Gasteiger partial charge >= 0.3 is 0 Å². The Morgan fingerprint density at radius 1 is 1.00 bits per heavy atom. The number of halogens is 1. The van der Waals surface area contributed by atoms with Gasteiger partial charge in [-0.1, -0.05) is 15.9 Å². The first-order valence-electron chi connectivity index (χ1n) is 9.80. The van der Waals surface area contributed by atoms with Crippen LogP contribution in [0.4, 0.5) is 0 Å². The lowest BCUT2D eigenvalue weighted by Crippen LogP contribution is -2.24. The number of ether oxygens (including phenoxy) is 1. The van der Waals surface area contributed by atoms with Crippen LogP contribution in [0, 0.1) is 17.8 Å². The molecule has 0 aliphatic heterocycles. The molecule has 2 unspecified atom stereocenters. The molecule has 142 valence electrons. The van der Waals surface area contributed by atoms with Crippen LogP contribution in [0.1, 0.15) is 35.2 Å². The summed E-state index contributed by atoms with van der Waals surface area (Å²) in [5.74, 6) is 3.30. The maximum Gasteiger partial charge on any atom is 0.193 e. The molecule has 0 radical (unpaired) electrons. The van der Waals surface area contributed by atoms with Crippen molar-refractivity contribution in [1.82, 2.24) is 4.90 Å². The molecule has 0 heterocycles. The number of rotatable bonds is 9. The largest absolute Gasteiger partial charge is 0.493 e. The molecule has 4 rings (SSSR count). The van der Waals surface area contributed by atoms with Gasteiger partial charge in [0.2, 0.25) is 0 Å². The SMILES string of the molecule is CN(CC1CC1)CC1CC1COc1ccc(C(=O)c2ccc(Br)cc2)cc1. The highest BCUT2D eigenvalue weighted by molar-refractivity contribution is 9.10. The molecule has 0 bridgehead atoms. The quantitative estimate of drug-likeness (QED) is 0.525. The van der Waals surface area contributed by atoms with Gasteiger partial charge in [-0.2, -0.15) is 0 Å². The molecule has 0 aromatic heterocycles. The summed E-state index contributed by atoms with van der Waals surface area (Å²) in [4.78, 5) is 15.0. The van der Waals surface area contributed by atoms with Crippen molar-refractivity contribution < 1.29 is 9.53 Å². The smallest absolute Gasteiger partial charge is 0.193 e. The molecule has 2 aromatic rings. The van der Waals surface area contributed by atoms with E-state index in [9.17, 15) is 4.79 Å². The third-order valence-electron chi connectivity index (χ3n) is 5.57. The van der Waals surface area contributed by atoms with E-state index in [1.807, 2.05) is 48.5 Å². The van der Waals surface area contributed by atoms with Crippen LogP contribution in [0.2, 0.25) is 0 Å². The van der Waals surface area contributed by atoms with Crippen LogP contribution in [-0.2, 0) is 0 Å². The van der Waals surface area contributed by atoms with Crippen LogP contribution in [0.25, 0.3) is 0 Å². The second-order valence-electron chi connectivity index (χ2n) is 8.09. The first-order chi connectivity index (χ1) is 13.1. The van der Waals surface area contributed by atoms with Gasteiger partial charge in [0, 0.05) is 28.7 Å². The maximum absolute atomic E-state index is 12.5. The molecule has 0 saturated heterocycles. The van der Waals surface area contributed by atoms with Gasteiger partial charge in [0.1, 0.15) is 5.75 Å². The fraction of sp³-hybridized carbons (Fsp3) is 0.435. The highest BCUT2D eigenvalue weighted by atomic mass is 79.9. The summed E-state index contributed by atoms with van der Waals surface area (Å²) in [6, 6.07) is 15.0. The maximum atomic E-state index is 12.5. The molecule has 2 aliphatic rings. The first kappa shape index (κ1) is 18.7. The number of carbonyl (C=O) groups is 1. The molecule has 2 fully saturated rings. The summed E-state index contributed by atoms with van der Waals surface area (Å²) in [5, 5.41) is 0. The van der Waals surface area contributed by atoms with Crippen molar-refractivity contribution in [2.75, 3.05) is 26.7 Å². The van der Waals surface area contributed by atoms with E-state index in [2.05, 4.69) is 27.9 Å². The number of ketones is 1. The third-order valence-corrected chi connectivity index (χ3v) is 6.10. The molecule has 27 heavy (non-hydrogen) atoms. The Hall–Kier alpha value is -1.65. The Labute approximate surface area is 169 Å². The summed E-state index contributed by atoms with van der Waals surface area (Å²) in [5.41, 5.74) is 1.39. The summed E-state index contributed by atoms with van der Waals surface area (Å²) < 4.78 is 6.93. The zero-order valence-electron chi connectivity index (χ0n) is 15.7. The molecule has 0 N–H and O–H groups in total. The number of nitrogens with zero attached hydrogens (tertiary/aromatic N) is 1. The molecule has 2 saturated carbocycles. The zero-order chi connectivity index (χ0) is 18.8. The van der Waals surface area contributed by atoms with Crippen molar-refractivity contribution in [3.8, 4) is 5.75 Å². The van der Waals surface area contributed by atoms with Crippen LogP contribution in [0.15, 0.2) is 53.0 Å². The Morgan fingerprint density at radius 2 is 1.63 bits per heavy atom. The number of hydrogen-bond acceptors (Lipinski definition) is 3. The van der Waals surface area contributed by atoms with E-state index < -0.39 is 0 Å². The number of carbonyl (C=O) groups excluding carboxylic acids is 1. The molecule has 3 nitrogen and oxygen atoms in total. The van der Waals surface area contributed by atoms with Gasteiger partial charge in [0.15, 0.2) is 5.78 Å². The van der Waals surface area contributed by atoms with Gasteiger partial charge < -0.3 is 9.64 Å². The van der Waals surface area contributed by atoms with E-state index >= 15 is 0 Å². The topological polar surface area (TPSA) is 29.5 Å². The summed E-state index contributed by atoms with van der Waals surface area (Å²) in [6.45, 7) is 3.24. The van der Waals surface area contributed by atoms with E-state index in [0.717, 1.165) is 28.7 Å². The minimum Gasteiger partial charge on any atom is -0.493 e. The average Bonchev–Trinajstić information content (AvgIpc) is 3.59. The van der Waals surface area contributed by atoms with Crippen LogP contribution in [0.5, 0.6) is 5.75 Å². The van der Waals surface area contributed by atoms with Crippen molar-refractivity contribution in [1.29, 1.82) is 0 Å². The average molecular weight is 428 g/mol. The summed E-state index contributed by atoms with van der Waals surface area (Å²) >= 11 is 3.39. The van der Waals surface area contributed by atoms with Crippen molar-refractivity contribution in [2.24, 2.45) is 17.8 Å². The van der Waals surface area contributed by atoms with E-state index in [-0.39, 0.29) is 5.78 Å². The first-order valence-corrected chi connectivity index (χ1v) is 10.6. The predicted octanol–water partition coefficient (Wildman–Crippen LogP) is 5.04. The molecule has 0 spiro atoms. The lowest BCUT2D eigenvalue weighted by atomic mass is 10.0. The molecule has 4 heteroatoms. The molecule has 2 aromatic carbocycles. The molecule has 2 aliphatic carbocycles. The van der Waals surface area contributed by atoms with Gasteiger partial charge in [-0.05, 0) is 92.6 Å². The highest BCUT2D eigenvalue weighted by Crippen LogP contribution is 2.40. The van der Waals surface area contributed by atoms with E-state index in [0.29, 0.717) is 17.0 Å². The second-order valence-corrected chi connectivity index (χ2v) is 9.01. The van der Waals surface area contributed by atoms with Gasteiger partial charge in [-0.3, -0.25) is 4.79 Å². The van der Waals surface area contributed by atoms with Gasteiger partial charge in [-0.15, -0.1) is 0 Å². The normalized spacial score (nSPS) is 21.3. The highest BCUT2D eigenvalue weighted by Gasteiger charge is 2.38. The molecular weight excluding hydrogens is 402 g/mol. The minimum atomic E-state index is 0.0370. The van der Waals surface area contributed by atoms with Crippen molar-refractivity contribution in [2.45, 2.75) is 19.3 Å². The van der Waals surface area contributed by atoms with E-state index in [1.165, 1.54) is 32.4 Å². The second kappa shape index (κ2) is 8.15. The molecule has 0 amide bonds. The Bertz CT molecular complexity index is 783. The standard InChI is InChI=1S/C23H26BrNO2/c1-25(13-16-2-3-16)14-19-12-20(19)15-27-22-10-6-18(7-11-22)23(26)17-4-8-21(24)9-5-17/h4-11,16,19-20H,2-3,12-15H2,1H3. The Balaban J connectivity index is 1.23. The van der Waals surface area contributed by atoms with Crippen LogP contribution < -0.4 is 4.74 Å². The van der Waals surface area contributed by atoms with Gasteiger partial charge in [0.25, 0.3) is 0 Å². The lowest BCUT2D eigenvalue weighted by Gasteiger charge is -2.16. The van der Waals surface area contributed by atoms with Crippen molar-refractivity contribution in [3.05, 3.63) is 64.1 Å². The van der Waals surface area contributed by atoms with Crippen molar-refractivity contribution >= 4 is 21.7 Å². The minimum absolute atomic E-state index is 0.0370. The summed E-state index contributed by atoms with van der Waals surface area (Å²) in [7, 11) is 2.25. The lowest BCUT2D eigenvalue weighted by molar-refractivity contribution is 0.103. The van der Waals surface area contributed by atoms with Crippen LogP contribution in [0.3, 0.4) is 0 Å². The summed E-state index contributed by atoms with van der Waals surface area (Å²) in [6.07, 6.45) is 4.11. The molecule has 2 atom stereocenters. The predicted molar refractivity (Wildman–Crippen MR) is 111 cm³/mol. The number of benzene rings is 2. The van der Waals surface area contributed by atoms with Gasteiger partial charge in [0.05, 0.1) is 6.61 Å². The zero-order valence-corrected chi connectivity index (χ0v) is 17.3. The number of hydrogen-bond donors (Lipinski definition) is 0. The third kappa shape index (κ3) is 5.20. The fourth-order valence-electron chi connectivity index (χ4n) is 3.63. The van der Waals surface area contributed by atoms with Crippen LogP contribution in [-0.4, -0.2) is 37.4 Å². The Kier molecular flexibility index (Phi) is 5.65. The monoisotopic (exact) mass is 427 g/mol. The van der Waals surface area contributed by atoms with Gasteiger partial charge in [-0.25, -0.2) is 0 Å². The Morgan fingerprint density at radius 3 is 2.26 bits per heavy atom. The molecular formula is C23H26BrNO2.